The molecule has 2 nitrogen and oxygen atoms in total. The number of rotatable bonds is 2. The molecule has 0 aliphatic carbocycles. The Bertz CT molecular complexity index is 358. The van der Waals surface area contributed by atoms with Crippen LogP contribution < -0.4 is 0 Å². The van der Waals surface area contributed by atoms with Crippen molar-refractivity contribution in [1.82, 2.24) is 4.98 Å². The van der Waals surface area contributed by atoms with Crippen molar-refractivity contribution in [2.24, 2.45) is 0 Å². The lowest BCUT2D eigenvalue weighted by molar-refractivity contribution is 0.224. The minimum atomic E-state index is -0.534. The van der Waals surface area contributed by atoms with Crippen LogP contribution in [0.2, 0.25) is 0 Å². The Balaban J connectivity index is 2.29. The molecule has 13 heavy (non-hydrogen) atoms. The third kappa shape index (κ3) is 1.76. The molecule has 1 aromatic heterocycles. The van der Waals surface area contributed by atoms with Crippen LogP contribution in [-0.4, -0.2) is 10.1 Å². The van der Waals surface area contributed by atoms with Gasteiger partial charge in [0.15, 0.2) is 0 Å². The van der Waals surface area contributed by atoms with Crippen molar-refractivity contribution in [2.75, 3.05) is 0 Å². The van der Waals surface area contributed by atoms with Crippen LogP contribution in [0.15, 0.2) is 42.0 Å². The topological polar surface area (TPSA) is 33.1 Å². The fourth-order valence-electron chi connectivity index (χ4n) is 1.16. The molecule has 2 aromatic rings. The van der Waals surface area contributed by atoms with Crippen molar-refractivity contribution in [1.29, 1.82) is 0 Å². The predicted molar refractivity (Wildman–Crippen MR) is 52.6 cm³/mol. The van der Waals surface area contributed by atoms with Gasteiger partial charge in [0.2, 0.25) is 0 Å². The summed E-state index contributed by atoms with van der Waals surface area (Å²) in [5.74, 6) is 0. The fraction of sp³-hybridized carbons (Fsp3) is 0.100. The van der Waals surface area contributed by atoms with Crippen molar-refractivity contribution in [3.63, 3.8) is 0 Å². The maximum absolute atomic E-state index is 9.85. The molecule has 0 amide bonds. The quantitative estimate of drug-likeness (QED) is 0.789. The second-order valence-electron chi connectivity index (χ2n) is 2.72. The summed E-state index contributed by atoms with van der Waals surface area (Å²) < 4.78 is 0. The Morgan fingerprint density at radius 3 is 2.62 bits per heavy atom. The number of aromatic nitrogens is 1. The van der Waals surface area contributed by atoms with E-state index in [1.54, 1.807) is 11.7 Å². The third-order valence-electron chi connectivity index (χ3n) is 1.84. The van der Waals surface area contributed by atoms with E-state index in [0.29, 0.717) is 0 Å². The standard InChI is InChI=1S/C10H9NOS/c12-10(9-6-11-7-13-9)8-4-2-1-3-5-8/h1-7,10,12H. The van der Waals surface area contributed by atoms with Gasteiger partial charge in [-0.25, -0.2) is 0 Å². The number of hydrogen-bond donors (Lipinski definition) is 1. The van der Waals surface area contributed by atoms with Gasteiger partial charge in [0, 0.05) is 6.20 Å². The smallest absolute Gasteiger partial charge is 0.115 e. The molecule has 0 fully saturated rings. The van der Waals surface area contributed by atoms with Crippen LogP contribution in [0.4, 0.5) is 0 Å². The fourth-order valence-corrected chi connectivity index (χ4v) is 1.79. The van der Waals surface area contributed by atoms with Gasteiger partial charge >= 0.3 is 0 Å². The normalized spacial score (nSPS) is 12.7. The van der Waals surface area contributed by atoms with E-state index in [1.807, 2.05) is 30.3 Å². The first-order chi connectivity index (χ1) is 6.38. The van der Waals surface area contributed by atoms with E-state index >= 15 is 0 Å². The van der Waals surface area contributed by atoms with Gasteiger partial charge in [-0.1, -0.05) is 30.3 Å². The van der Waals surface area contributed by atoms with Crippen molar-refractivity contribution in [3.8, 4) is 0 Å². The largest absolute Gasteiger partial charge is 0.383 e. The minimum Gasteiger partial charge on any atom is -0.383 e. The highest BCUT2D eigenvalue weighted by molar-refractivity contribution is 7.09. The van der Waals surface area contributed by atoms with Crippen molar-refractivity contribution >= 4 is 11.3 Å². The molecular weight excluding hydrogens is 182 g/mol. The average Bonchev–Trinajstić information content (AvgIpc) is 2.71. The Hall–Kier alpha value is -1.19. The number of hydrogen-bond acceptors (Lipinski definition) is 3. The van der Waals surface area contributed by atoms with Crippen LogP contribution in [-0.2, 0) is 0 Å². The summed E-state index contributed by atoms with van der Waals surface area (Å²) >= 11 is 1.46. The monoisotopic (exact) mass is 191 g/mol. The molecule has 3 heteroatoms. The van der Waals surface area contributed by atoms with Crippen molar-refractivity contribution < 1.29 is 5.11 Å². The maximum Gasteiger partial charge on any atom is 0.115 e. The molecule has 0 radical (unpaired) electrons. The number of aliphatic hydroxyl groups excluding tert-OH is 1. The first kappa shape index (κ1) is 8.41. The second kappa shape index (κ2) is 3.68. The summed E-state index contributed by atoms with van der Waals surface area (Å²) in [4.78, 5) is 4.81. The van der Waals surface area contributed by atoms with Crippen LogP contribution in [0, 0.1) is 0 Å². The summed E-state index contributed by atoms with van der Waals surface area (Å²) in [7, 11) is 0. The molecule has 1 aromatic carbocycles. The second-order valence-corrected chi connectivity index (χ2v) is 3.63. The van der Waals surface area contributed by atoms with Crippen LogP contribution in [0.5, 0.6) is 0 Å². The third-order valence-corrected chi connectivity index (χ3v) is 2.66. The Morgan fingerprint density at radius 1 is 1.23 bits per heavy atom. The summed E-state index contributed by atoms with van der Waals surface area (Å²) in [6.45, 7) is 0. The summed E-state index contributed by atoms with van der Waals surface area (Å²) in [6.07, 6.45) is 1.16. The zero-order valence-corrected chi connectivity index (χ0v) is 7.74. The zero-order valence-electron chi connectivity index (χ0n) is 6.92. The molecule has 1 atom stereocenters. The van der Waals surface area contributed by atoms with Crippen molar-refractivity contribution in [2.45, 2.75) is 6.10 Å². The molecule has 0 bridgehead atoms. The van der Waals surface area contributed by atoms with Gasteiger partial charge in [-0.3, -0.25) is 4.98 Å². The number of benzene rings is 1. The predicted octanol–water partition coefficient (Wildman–Crippen LogP) is 2.22. The first-order valence-electron chi connectivity index (χ1n) is 3.99. The zero-order chi connectivity index (χ0) is 9.10. The van der Waals surface area contributed by atoms with E-state index in [1.165, 1.54) is 11.3 Å². The van der Waals surface area contributed by atoms with Gasteiger partial charge < -0.3 is 5.11 Å². The number of thiazole rings is 1. The van der Waals surface area contributed by atoms with E-state index in [-0.39, 0.29) is 0 Å². The summed E-state index contributed by atoms with van der Waals surface area (Å²) in [6, 6.07) is 9.58. The average molecular weight is 191 g/mol. The summed E-state index contributed by atoms with van der Waals surface area (Å²) in [5.41, 5.74) is 2.63. The van der Waals surface area contributed by atoms with Crippen LogP contribution in [0.3, 0.4) is 0 Å². The van der Waals surface area contributed by atoms with Gasteiger partial charge in [-0.05, 0) is 5.56 Å². The maximum atomic E-state index is 9.85. The van der Waals surface area contributed by atoms with Gasteiger partial charge in [0.1, 0.15) is 6.10 Å². The first-order valence-corrected chi connectivity index (χ1v) is 4.87. The van der Waals surface area contributed by atoms with Crippen LogP contribution >= 0.6 is 11.3 Å². The molecule has 0 aliphatic heterocycles. The Kier molecular flexibility index (Phi) is 2.38. The van der Waals surface area contributed by atoms with Gasteiger partial charge in [-0.2, -0.15) is 0 Å². The van der Waals surface area contributed by atoms with E-state index in [2.05, 4.69) is 4.98 Å². The lowest BCUT2D eigenvalue weighted by atomic mass is 10.1. The van der Waals surface area contributed by atoms with Crippen LogP contribution in [0.1, 0.15) is 16.5 Å². The molecule has 0 aliphatic rings. The highest BCUT2D eigenvalue weighted by Gasteiger charge is 2.10. The van der Waals surface area contributed by atoms with E-state index in [9.17, 15) is 5.11 Å². The summed E-state index contributed by atoms with van der Waals surface area (Å²) in [5, 5.41) is 9.85. The van der Waals surface area contributed by atoms with Crippen LogP contribution in [0.25, 0.3) is 0 Å². The number of nitrogens with zero attached hydrogens (tertiary/aromatic N) is 1. The lowest BCUT2D eigenvalue weighted by Gasteiger charge is -2.06. The molecule has 1 heterocycles. The highest BCUT2D eigenvalue weighted by atomic mass is 32.1. The van der Waals surface area contributed by atoms with Gasteiger partial charge in [0.05, 0.1) is 10.4 Å². The molecule has 2 rings (SSSR count). The lowest BCUT2D eigenvalue weighted by Crippen LogP contribution is -1.95. The highest BCUT2D eigenvalue weighted by Crippen LogP contribution is 2.23. The SMILES string of the molecule is OC(c1ccccc1)c1cncs1. The van der Waals surface area contributed by atoms with Gasteiger partial charge in [0.25, 0.3) is 0 Å². The molecule has 0 saturated carbocycles. The Morgan fingerprint density at radius 2 is 2.00 bits per heavy atom. The van der Waals surface area contributed by atoms with Crippen molar-refractivity contribution in [3.05, 3.63) is 52.5 Å². The molecule has 0 spiro atoms. The Labute approximate surface area is 80.5 Å². The molecule has 1 unspecified atom stereocenters. The van der Waals surface area contributed by atoms with Gasteiger partial charge in [-0.15, -0.1) is 11.3 Å². The van der Waals surface area contributed by atoms with E-state index in [0.717, 1.165) is 10.4 Å². The molecule has 1 N–H and O–H groups in total. The van der Waals surface area contributed by atoms with E-state index in [4.69, 9.17) is 0 Å². The molecule has 0 saturated heterocycles. The molecular formula is C10H9NOS. The van der Waals surface area contributed by atoms with E-state index < -0.39 is 6.10 Å². The number of aliphatic hydroxyl groups is 1. The molecule has 66 valence electrons. The minimum absolute atomic E-state index is 0.534.